The van der Waals surface area contributed by atoms with Gasteiger partial charge in [0.25, 0.3) is 0 Å². The number of hydrogen-bond acceptors (Lipinski definition) is 1. The van der Waals surface area contributed by atoms with Gasteiger partial charge in [0.1, 0.15) is 11.5 Å². The summed E-state index contributed by atoms with van der Waals surface area (Å²) in [6.45, 7) is 0. The minimum Gasteiger partial charge on any atom is -0.456 e. The van der Waals surface area contributed by atoms with E-state index < -0.39 is 0 Å². The molecule has 0 unspecified atom stereocenters. The van der Waals surface area contributed by atoms with E-state index in [1.165, 1.54) is 82.1 Å². The Morgan fingerprint density at radius 3 is 1.96 bits per heavy atom. The van der Waals surface area contributed by atoms with Gasteiger partial charge in [0.05, 0.1) is 27.8 Å². The van der Waals surface area contributed by atoms with Gasteiger partial charge in [-0.1, -0.05) is 121 Å². The lowest BCUT2D eigenvalue weighted by molar-refractivity contribution is 0.487. The summed E-state index contributed by atoms with van der Waals surface area (Å²) in [6.07, 6.45) is 0. The van der Waals surface area contributed by atoms with Crippen LogP contribution in [-0.2, 0) is 0 Å². The third kappa shape index (κ3) is 3.99. The second kappa shape index (κ2) is 10.7. The van der Waals surface area contributed by atoms with Crippen LogP contribution in [0.2, 0.25) is 0 Å². The van der Waals surface area contributed by atoms with Crippen LogP contribution in [0.25, 0.3) is 98.8 Å². The van der Waals surface area contributed by atoms with Crippen LogP contribution in [0.15, 0.2) is 182 Å². The molecule has 2 aromatic heterocycles. The monoisotopic (exact) mass is 674 g/mol. The standard InChI is InChI=1S/C50H30N2O/c1-2-14-34(15-3-1)51-43-20-8-6-17-36(43)37-26-24-33(29-45(37)51)32-25-27-44-41(28-32)49-39-19-11-23-48-50(39)40(38-18-7-9-22-47(38)53-48)30-46(49)52(44)42-21-10-13-31-12-4-5-16-35(31)42/h1-30H. The number of fused-ring (bicyclic) bond motifs is 10. The molecule has 1 aliphatic heterocycles. The molecule has 0 atom stereocenters. The van der Waals surface area contributed by atoms with Crippen LogP contribution in [0.5, 0.6) is 11.5 Å². The molecule has 3 heteroatoms. The lowest BCUT2D eigenvalue weighted by Gasteiger charge is -2.22. The Hall–Kier alpha value is -7.10. The van der Waals surface area contributed by atoms with Crippen molar-refractivity contribution >= 4 is 65.2 Å². The van der Waals surface area contributed by atoms with Crippen molar-refractivity contribution in [2.24, 2.45) is 0 Å². The van der Waals surface area contributed by atoms with Crippen LogP contribution in [0, 0.1) is 0 Å². The molecular weight excluding hydrogens is 645 g/mol. The molecule has 0 saturated carbocycles. The smallest absolute Gasteiger partial charge is 0.135 e. The van der Waals surface area contributed by atoms with Gasteiger partial charge in [-0.15, -0.1) is 0 Å². The van der Waals surface area contributed by atoms with E-state index in [1.54, 1.807) is 0 Å². The second-order valence-corrected chi connectivity index (χ2v) is 14.1. The summed E-state index contributed by atoms with van der Waals surface area (Å²) in [5.74, 6) is 1.80. The summed E-state index contributed by atoms with van der Waals surface area (Å²) in [5.41, 5.74) is 11.8. The van der Waals surface area contributed by atoms with Crippen molar-refractivity contribution in [3.8, 4) is 45.1 Å². The van der Waals surface area contributed by atoms with Crippen LogP contribution in [0.3, 0.4) is 0 Å². The molecule has 11 aromatic rings. The lowest BCUT2D eigenvalue weighted by Crippen LogP contribution is -1.99. The van der Waals surface area contributed by atoms with E-state index in [2.05, 4.69) is 185 Å². The van der Waals surface area contributed by atoms with Gasteiger partial charge in [-0.2, -0.15) is 0 Å². The Morgan fingerprint density at radius 2 is 1.02 bits per heavy atom. The Labute approximate surface area is 305 Å². The number of ether oxygens (including phenoxy) is 1. The highest BCUT2D eigenvalue weighted by molar-refractivity contribution is 6.26. The topological polar surface area (TPSA) is 19.1 Å². The molecular formula is C50H30N2O. The molecule has 0 aliphatic carbocycles. The zero-order chi connectivity index (χ0) is 34.6. The molecule has 0 radical (unpaired) electrons. The van der Waals surface area contributed by atoms with Crippen molar-refractivity contribution in [3.05, 3.63) is 182 Å². The summed E-state index contributed by atoms with van der Waals surface area (Å²) in [4.78, 5) is 0. The van der Waals surface area contributed by atoms with Crippen molar-refractivity contribution in [2.45, 2.75) is 0 Å². The molecule has 3 heterocycles. The minimum absolute atomic E-state index is 0.894. The van der Waals surface area contributed by atoms with Crippen molar-refractivity contribution in [1.29, 1.82) is 0 Å². The average molecular weight is 675 g/mol. The number of rotatable bonds is 3. The molecule has 3 nitrogen and oxygen atoms in total. The van der Waals surface area contributed by atoms with E-state index in [9.17, 15) is 0 Å². The second-order valence-electron chi connectivity index (χ2n) is 14.1. The average Bonchev–Trinajstić information content (AvgIpc) is 3.73. The molecule has 246 valence electrons. The van der Waals surface area contributed by atoms with E-state index in [4.69, 9.17) is 4.74 Å². The maximum absolute atomic E-state index is 6.56. The molecule has 0 N–H and O–H groups in total. The molecule has 1 aliphatic rings. The fourth-order valence-corrected chi connectivity index (χ4v) is 9.00. The van der Waals surface area contributed by atoms with Crippen LogP contribution in [0.1, 0.15) is 0 Å². The van der Waals surface area contributed by atoms with E-state index in [0.717, 1.165) is 28.1 Å². The molecule has 0 bridgehead atoms. The molecule has 9 aromatic carbocycles. The Morgan fingerprint density at radius 1 is 0.340 bits per heavy atom. The van der Waals surface area contributed by atoms with E-state index in [-0.39, 0.29) is 0 Å². The minimum atomic E-state index is 0.894. The Kier molecular flexibility index (Phi) is 5.77. The van der Waals surface area contributed by atoms with Crippen molar-refractivity contribution in [2.75, 3.05) is 0 Å². The van der Waals surface area contributed by atoms with E-state index in [0.29, 0.717) is 0 Å². The fraction of sp³-hybridized carbons (Fsp3) is 0. The summed E-state index contributed by atoms with van der Waals surface area (Å²) < 4.78 is 11.4. The summed E-state index contributed by atoms with van der Waals surface area (Å²) in [7, 11) is 0. The molecule has 0 amide bonds. The SMILES string of the molecule is c1ccc(-n2c3ccccc3c3ccc(-c4ccc5c(c4)c4c6cccc7c6c(cc4n5-c4cccc5ccccc45)-c4ccccc4O7)cc32)cc1. The number of nitrogens with zero attached hydrogens (tertiary/aromatic N) is 2. The van der Waals surface area contributed by atoms with Gasteiger partial charge in [-0.25, -0.2) is 0 Å². The zero-order valence-electron chi connectivity index (χ0n) is 28.6. The normalized spacial score (nSPS) is 12.3. The molecule has 0 fully saturated rings. The van der Waals surface area contributed by atoms with Crippen molar-refractivity contribution < 1.29 is 4.74 Å². The van der Waals surface area contributed by atoms with Crippen LogP contribution < -0.4 is 4.74 Å². The van der Waals surface area contributed by atoms with Gasteiger partial charge in [-0.05, 0) is 88.1 Å². The van der Waals surface area contributed by atoms with Gasteiger partial charge in [0.15, 0.2) is 0 Å². The highest BCUT2D eigenvalue weighted by Gasteiger charge is 2.25. The summed E-state index contributed by atoms with van der Waals surface area (Å²) >= 11 is 0. The first-order chi connectivity index (χ1) is 26.3. The van der Waals surface area contributed by atoms with E-state index >= 15 is 0 Å². The van der Waals surface area contributed by atoms with Gasteiger partial charge >= 0.3 is 0 Å². The maximum atomic E-state index is 6.56. The van der Waals surface area contributed by atoms with E-state index in [1.807, 2.05) is 6.07 Å². The summed E-state index contributed by atoms with van der Waals surface area (Å²) in [6, 6.07) is 66.0. The zero-order valence-corrected chi connectivity index (χ0v) is 28.6. The molecule has 0 spiro atoms. The van der Waals surface area contributed by atoms with Gasteiger partial charge in [0, 0.05) is 43.6 Å². The van der Waals surface area contributed by atoms with Gasteiger partial charge < -0.3 is 13.9 Å². The maximum Gasteiger partial charge on any atom is 0.135 e. The fourth-order valence-electron chi connectivity index (χ4n) is 9.00. The first-order valence-electron chi connectivity index (χ1n) is 18.2. The molecule has 12 rings (SSSR count). The predicted octanol–water partition coefficient (Wildman–Crippen LogP) is 13.6. The van der Waals surface area contributed by atoms with Crippen molar-refractivity contribution in [3.63, 3.8) is 0 Å². The van der Waals surface area contributed by atoms with Crippen LogP contribution in [0.4, 0.5) is 0 Å². The van der Waals surface area contributed by atoms with Crippen LogP contribution in [-0.4, -0.2) is 9.13 Å². The predicted molar refractivity (Wildman–Crippen MR) is 221 cm³/mol. The number of para-hydroxylation sites is 3. The molecule has 0 saturated heterocycles. The third-order valence-electron chi connectivity index (χ3n) is 11.3. The van der Waals surface area contributed by atoms with Gasteiger partial charge in [0.2, 0.25) is 0 Å². The first-order valence-corrected chi connectivity index (χ1v) is 18.2. The Balaban J connectivity index is 1.19. The third-order valence-corrected chi connectivity index (χ3v) is 11.3. The number of hydrogen-bond donors (Lipinski definition) is 0. The Bertz CT molecular complexity index is 3310. The first kappa shape index (κ1) is 28.6. The largest absolute Gasteiger partial charge is 0.456 e. The lowest BCUT2D eigenvalue weighted by atomic mass is 9.91. The highest BCUT2D eigenvalue weighted by atomic mass is 16.5. The number of aromatic nitrogens is 2. The van der Waals surface area contributed by atoms with Gasteiger partial charge in [-0.3, -0.25) is 0 Å². The highest BCUT2D eigenvalue weighted by Crippen LogP contribution is 2.51. The molecule has 53 heavy (non-hydrogen) atoms. The van der Waals surface area contributed by atoms with Crippen LogP contribution >= 0.6 is 0 Å². The van der Waals surface area contributed by atoms with Crippen molar-refractivity contribution in [1.82, 2.24) is 9.13 Å². The quantitative estimate of drug-likeness (QED) is 0.183. The number of benzene rings is 9. The summed E-state index contributed by atoms with van der Waals surface area (Å²) in [5, 5.41) is 9.78.